The monoisotopic (exact) mass is 321 g/mol. The third-order valence-electron chi connectivity index (χ3n) is 4.87. The van der Waals surface area contributed by atoms with Gasteiger partial charge in [-0.1, -0.05) is 6.07 Å². The molecule has 23 heavy (non-hydrogen) atoms. The summed E-state index contributed by atoms with van der Waals surface area (Å²) in [6, 6.07) is 4.81. The van der Waals surface area contributed by atoms with E-state index in [0.717, 1.165) is 50.7 Å². The van der Waals surface area contributed by atoms with Crippen LogP contribution in [0.15, 0.2) is 23.2 Å². The van der Waals surface area contributed by atoms with Crippen molar-refractivity contribution in [3.63, 3.8) is 0 Å². The number of aliphatic hydroxyl groups excluding tert-OH is 1. The first-order chi connectivity index (χ1) is 11.2. The zero-order valence-corrected chi connectivity index (χ0v) is 13.5. The van der Waals surface area contributed by atoms with Crippen molar-refractivity contribution >= 4 is 5.96 Å². The van der Waals surface area contributed by atoms with Crippen LogP contribution in [0.4, 0.5) is 4.39 Å². The van der Waals surface area contributed by atoms with E-state index in [1.807, 2.05) is 0 Å². The van der Waals surface area contributed by atoms with E-state index in [2.05, 4.69) is 15.2 Å². The molecule has 126 valence electrons. The van der Waals surface area contributed by atoms with E-state index in [0.29, 0.717) is 12.1 Å². The van der Waals surface area contributed by atoms with E-state index in [4.69, 9.17) is 9.84 Å². The quantitative estimate of drug-likeness (QED) is 0.654. The van der Waals surface area contributed by atoms with Crippen LogP contribution in [0.5, 0.6) is 0 Å². The van der Waals surface area contributed by atoms with Gasteiger partial charge in [0.05, 0.1) is 13.2 Å². The van der Waals surface area contributed by atoms with Crippen LogP contribution in [0.1, 0.15) is 24.0 Å². The van der Waals surface area contributed by atoms with Crippen molar-refractivity contribution in [2.24, 2.45) is 10.4 Å². The molecule has 2 heterocycles. The second-order valence-electron chi connectivity index (χ2n) is 6.46. The molecular weight excluding hydrogens is 297 g/mol. The van der Waals surface area contributed by atoms with Crippen molar-refractivity contribution in [1.29, 1.82) is 0 Å². The molecule has 3 rings (SSSR count). The molecule has 2 aliphatic rings. The van der Waals surface area contributed by atoms with Gasteiger partial charge in [0.25, 0.3) is 0 Å². The van der Waals surface area contributed by atoms with Gasteiger partial charge in [0.2, 0.25) is 0 Å². The Bertz CT molecular complexity index is 585. The molecular formula is C17H24FN3O2. The molecule has 0 aromatic heterocycles. The molecule has 0 bridgehead atoms. The van der Waals surface area contributed by atoms with Gasteiger partial charge in [-0.15, -0.1) is 0 Å². The molecule has 1 atom stereocenters. The Morgan fingerprint density at radius 3 is 3.04 bits per heavy atom. The van der Waals surface area contributed by atoms with Gasteiger partial charge in [0.15, 0.2) is 5.96 Å². The van der Waals surface area contributed by atoms with E-state index in [1.165, 1.54) is 6.07 Å². The Hall–Kier alpha value is -1.66. The van der Waals surface area contributed by atoms with Crippen LogP contribution in [0.25, 0.3) is 0 Å². The number of halogens is 1. The summed E-state index contributed by atoms with van der Waals surface area (Å²) < 4.78 is 19.0. The highest BCUT2D eigenvalue weighted by atomic mass is 19.1. The number of hydrogen-bond donors (Lipinski definition) is 2. The predicted molar refractivity (Wildman–Crippen MR) is 86.6 cm³/mol. The largest absolute Gasteiger partial charge is 0.392 e. The minimum absolute atomic E-state index is 0.289. The van der Waals surface area contributed by atoms with Crippen molar-refractivity contribution in [3.8, 4) is 0 Å². The average molecular weight is 321 g/mol. The molecule has 5 nitrogen and oxygen atoms in total. The highest BCUT2D eigenvalue weighted by Crippen LogP contribution is 2.38. The molecule has 1 aromatic rings. The number of benzene rings is 1. The van der Waals surface area contributed by atoms with Gasteiger partial charge < -0.3 is 20.1 Å². The summed E-state index contributed by atoms with van der Waals surface area (Å²) in [5, 5.41) is 12.5. The van der Waals surface area contributed by atoms with E-state index >= 15 is 0 Å². The number of ether oxygens (including phenoxy) is 1. The van der Waals surface area contributed by atoms with Crippen LogP contribution >= 0.6 is 0 Å². The minimum Gasteiger partial charge on any atom is -0.392 e. The fraction of sp³-hybridized carbons (Fsp3) is 0.588. The van der Waals surface area contributed by atoms with Gasteiger partial charge in [-0.25, -0.2) is 4.39 Å². The molecule has 2 aliphatic heterocycles. The SMILES string of the molecule is CN=C(NCc1ccc(F)c(CO)c1)N1CCC2(CCOC2)C1. The smallest absolute Gasteiger partial charge is 0.193 e. The van der Waals surface area contributed by atoms with Gasteiger partial charge in [0, 0.05) is 44.3 Å². The second kappa shape index (κ2) is 6.84. The highest BCUT2D eigenvalue weighted by Gasteiger charge is 2.42. The van der Waals surface area contributed by atoms with Crippen molar-refractivity contribution in [2.45, 2.75) is 26.0 Å². The number of likely N-dealkylation sites (tertiary alicyclic amines) is 1. The first-order valence-electron chi connectivity index (χ1n) is 8.07. The summed E-state index contributed by atoms with van der Waals surface area (Å²) >= 11 is 0. The minimum atomic E-state index is -0.372. The van der Waals surface area contributed by atoms with Crippen molar-refractivity contribution in [3.05, 3.63) is 35.1 Å². The normalized spacial score (nSPS) is 24.7. The van der Waals surface area contributed by atoms with Crippen LogP contribution in [-0.4, -0.2) is 49.3 Å². The number of aliphatic imine (C=N–C) groups is 1. The Balaban J connectivity index is 1.60. The van der Waals surface area contributed by atoms with Crippen LogP contribution in [0, 0.1) is 11.2 Å². The molecule has 6 heteroatoms. The third kappa shape index (κ3) is 3.48. The number of guanidine groups is 1. The molecule has 1 unspecified atom stereocenters. The number of hydrogen-bond acceptors (Lipinski definition) is 3. The molecule has 2 N–H and O–H groups in total. The van der Waals surface area contributed by atoms with Crippen LogP contribution in [0.3, 0.4) is 0 Å². The highest BCUT2D eigenvalue weighted by molar-refractivity contribution is 5.80. The fourth-order valence-corrected chi connectivity index (χ4v) is 3.46. The number of nitrogens with zero attached hydrogens (tertiary/aromatic N) is 2. The lowest BCUT2D eigenvalue weighted by Crippen LogP contribution is -2.41. The van der Waals surface area contributed by atoms with E-state index in [1.54, 1.807) is 19.2 Å². The Morgan fingerprint density at radius 2 is 2.35 bits per heavy atom. The Kier molecular flexibility index (Phi) is 4.82. The molecule has 1 aromatic carbocycles. The summed E-state index contributed by atoms with van der Waals surface area (Å²) in [5.41, 5.74) is 1.54. The zero-order chi connectivity index (χ0) is 16.3. The summed E-state index contributed by atoms with van der Waals surface area (Å²) in [4.78, 5) is 6.64. The summed E-state index contributed by atoms with van der Waals surface area (Å²) in [5.74, 6) is 0.493. The summed E-state index contributed by atoms with van der Waals surface area (Å²) in [6.07, 6.45) is 2.26. The van der Waals surface area contributed by atoms with Gasteiger partial charge in [0.1, 0.15) is 5.82 Å². The molecule has 1 spiro atoms. The van der Waals surface area contributed by atoms with Crippen molar-refractivity contribution < 1.29 is 14.2 Å². The van der Waals surface area contributed by atoms with E-state index in [9.17, 15) is 4.39 Å². The maximum Gasteiger partial charge on any atom is 0.193 e. The standard InChI is InChI=1S/C17H24FN3O2/c1-19-16(21-6-4-17(11-21)5-7-23-12-17)20-9-13-2-3-15(18)14(8-13)10-22/h2-3,8,22H,4-7,9-12H2,1H3,(H,19,20). The summed E-state index contributed by atoms with van der Waals surface area (Å²) in [6.45, 7) is 3.92. The lowest BCUT2D eigenvalue weighted by atomic mass is 9.87. The molecule has 0 amide bonds. The molecule has 0 aliphatic carbocycles. The maximum absolute atomic E-state index is 13.4. The zero-order valence-electron chi connectivity index (χ0n) is 13.5. The molecule has 2 fully saturated rings. The number of aliphatic hydroxyl groups is 1. The number of rotatable bonds is 3. The van der Waals surface area contributed by atoms with Crippen LogP contribution in [-0.2, 0) is 17.9 Å². The maximum atomic E-state index is 13.4. The second-order valence-corrected chi connectivity index (χ2v) is 6.46. The van der Waals surface area contributed by atoms with E-state index < -0.39 is 0 Å². The predicted octanol–water partition coefficient (Wildman–Crippen LogP) is 1.51. The molecule has 2 saturated heterocycles. The molecule has 0 radical (unpaired) electrons. The number of nitrogens with one attached hydrogen (secondary N) is 1. The lowest BCUT2D eigenvalue weighted by Gasteiger charge is -2.25. The van der Waals surface area contributed by atoms with Gasteiger partial charge in [-0.2, -0.15) is 0 Å². The lowest BCUT2D eigenvalue weighted by molar-refractivity contribution is 0.156. The van der Waals surface area contributed by atoms with Crippen LogP contribution < -0.4 is 5.32 Å². The topological polar surface area (TPSA) is 57.1 Å². The molecule has 0 saturated carbocycles. The van der Waals surface area contributed by atoms with Crippen LogP contribution in [0.2, 0.25) is 0 Å². The van der Waals surface area contributed by atoms with Gasteiger partial charge >= 0.3 is 0 Å². The third-order valence-corrected chi connectivity index (χ3v) is 4.87. The first kappa shape index (κ1) is 16.2. The van der Waals surface area contributed by atoms with E-state index in [-0.39, 0.29) is 17.8 Å². The van der Waals surface area contributed by atoms with Gasteiger partial charge in [-0.3, -0.25) is 4.99 Å². The summed E-state index contributed by atoms with van der Waals surface area (Å²) in [7, 11) is 1.78. The van der Waals surface area contributed by atoms with Crippen molar-refractivity contribution in [1.82, 2.24) is 10.2 Å². The van der Waals surface area contributed by atoms with Crippen molar-refractivity contribution in [2.75, 3.05) is 33.4 Å². The Labute approximate surface area is 136 Å². The first-order valence-corrected chi connectivity index (χ1v) is 8.07. The Morgan fingerprint density at radius 1 is 1.48 bits per heavy atom. The average Bonchev–Trinajstić information content (AvgIpc) is 3.20. The van der Waals surface area contributed by atoms with Gasteiger partial charge in [-0.05, 0) is 30.5 Å². The fourth-order valence-electron chi connectivity index (χ4n) is 3.46.